The van der Waals surface area contributed by atoms with Crippen LogP contribution in [0, 0.1) is 0 Å². The van der Waals surface area contributed by atoms with Crippen molar-refractivity contribution in [3.63, 3.8) is 0 Å². The fourth-order valence-electron chi connectivity index (χ4n) is 3.20. The summed E-state index contributed by atoms with van der Waals surface area (Å²) >= 11 is 0. The zero-order chi connectivity index (χ0) is 27.3. The Labute approximate surface area is 208 Å². The number of carboxylic acids is 2. The van der Waals surface area contributed by atoms with Gasteiger partial charge in [0, 0.05) is 12.8 Å². The number of carboxylic acid groups (broad SMARTS) is 2. The van der Waals surface area contributed by atoms with Gasteiger partial charge in [-0.1, -0.05) is 18.6 Å². The molecule has 4 atom stereocenters. The minimum Gasteiger partial charge on any atom is -0.508 e. The van der Waals surface area contributed by atoms with Crippen LogP contribution in [0.1, 0.15) is 44.6 Å². The van der Waals surface area contributed by atoms with Crippen LogP contribution < -0.4 is 27.4 Å². The van der Waals surface area contributed by atoms with Crippen molar-refractivity contribution < 1.29 is 39.3 Å². The molecule has 13 heteroatoms. The van der Waals surface area contributed by atoms with Gasteiger partial charge in [0.15, 0.2) is 0 Å². The lowest BCUT2D eigenvalue weighted by molar-refractivity contribution is -0.143. The third-order valence-electron chi connectivity index (χ3n) is 5.33. The van der Waals surface area contributed by atoms with Crippen molar-refractivity contribution in [2.45, 2.75) is 69.6 Å². The fourth-order valence-corrected chi connectivity index (χ4v) is 3.20. The minimum atomic E-state index is -1.45. The lowest BCUT2D eigenvalue weighted by Gasteiger charge is -2.23. The Morgan fingerprint density at radius 1 is 0.861 bits per heavy atom. The monoisotopic (exact) mass is 509 g/mol. The zero-order valence-electron chi connectivity index (χ0n) is 20.1. The SMILES string of the molecule is C[C@H](NC(=O)[C@H](Cc1ccc(O)cc1)NC(=O)[C@@H](N)CCCCN)C(=O)N[C@@H](CCC(=O)O)C(=O)O. The zero-order valence-corrected chi connectivity index (χ0v) is 20.1. The quantitative estimate of drug-likeness (QED) is 0.124. The summed E-state index contributed by atoms with van der Waals surface area (Å²) in [4.78, 5) is 60.1. The van der Waals surface area contributed by atoms with Crippen LogP contribution in [0.3, 0.4) is 0 Å². The Bertz CT molecular complexity index is 908. The molecule has 200 valence electrons. The molecule has 3 amide bonds. The molecule has 10 N–H and O–H groups in total. The number of carbonyl (C=O) groups excluding carboxylic acids is 3. The van der Waals surface area contributed by atoms with Gasteiger partial charge in [0.1, 0.15) is 23.9 Å². The van der Waals surface area contributed by atoms with E-state index in [-0.39, 0.29) is 18.6 Å². The van der Waals surface area contributed by atoms with Crippen LogP contribution >= 0.6 is 0 Å². The Morgan fingerprint density at radius 3 is 2.03 bits per heavy atom. The van der Waals surface area contributed by atoms with Crippen molar-refractivity contribution in [1.29, 1.82) is 0 Å². The number of aromatic hydroxyl groups is 1. The second-order valence-electron chi connectivity index (χ2n) is 8.38. The number of nitrogens with one attached hydrogen (secondary N) is 3. The number of benzene rings is 1. The number of rotatable bonds is 16. The van der Waals surface area contributed by atoms with Gasteiger partial charge in [-0.3, -0.25) is 19.2 Å². The van der Waals surface area contributed by atoms with E-state index in [0.29, 0.717) is 31.4 Å². The van der Waals surface area contributed by atoms with Gasteiger partial charge in [-0.05, 0) is 50.4 Å². The van der Waals surface area contributed by atoms with E-state index in [0.717, 1.165) is 0 Å². The lowest BCUT2D eigenvalue weighted by atomic mass is 10.0. The normalized spacial score (nSPS) is 14.1. The predicted octanol–water partition coefficient (Wildman–Crippen LogP) is -1.19. The predicted molar refractivity (Wildman–Crippen MR) is 129 cm³/mol. The number of hydrogen-bond acceptors (Lipinski definition) is 8. The second-order valence-corrected chi connectivity index (χ2v) is 8.38. The maximum absolute atomic E-state index is 13.0. The van der Waals surface area contributed by atoms with Crippen molar-refractivity contribution in [3.8, 4) is 5.75 Å². The molecule has 0 aliphatic heterocycles. The van der Waals surface area contributed by atoms with Crippen molar-refractivity contribution in [2.24, 2.45) is 11.5 Å². The second kappa shape index (κ2) is 15.3. The molecule has 0 aliphatic carbocycles. The molecule has 0 saturated heterocycles. The lowest BCUT2D eigenvalue weighted by Crippen LogP contribution is -2.56. The molecular formula is C23H35N5O8. The largest absolute Gasteiger partial charge is 0.508 e. The molecule has 0 fully saturated rings. The number of amides is 3. The summed E-state index contributed by atoms with van der Waals surface area (Å²) in [6, 6.07) is 1.33. The standard InChI is InChI=1S/C23H35N5O8/c1-13(20(32)27-17(23(35)36)9-10-19(30)31)26-22(34)18(12-14-5-7-15(29)8-6-14)28-21(33)16(25)4-2-3-11-24/h5-8,13,16-18,29H,2-4,9-12,24-25H2,1H3,(H,26,34)(H,27,32)(H,28,33)(H,30,31)(H,35,36)/t13-,16-,17-,18-/m0/s1. The molecule has 36 heavy (non-hydrogen) atoms. The summed E-state index contributed by atoms with van der Waals surface area (Å²) in [5, 5.41) is 34.7. The highest BCUT2D eigenvalue weighted by molar-refractivity contribution is 5.94. The third-order valence-corrected chi connectivity index (χ3v) is 5.33. The number of hydrogen-bond donors (Lipinski definition) is 8. The van der Waals surface area contributed by atoms with E-state index >= 15 is 0 Å². The summed E-state index contributed by atoms with van der Waals surface area (Å²) in [7, 11) is 0. The molecule has 0 unspecified atom stereocenters. The molecule has 0 radical (unpaired) electrons. The molecule has 1 aromatic rings. The number of phenols is 1. The Balaban J connectivity index is 2.90. The van der Waals surface area contributed by atoms with Crippen LogP contribution in [0.2, 0.25) is 0 Å². The first-order valence-corrected chi connectivity index (χ1v) is 11.5. The van der Waals surface area contributed by atoms with Gasteiger partial charge in [-0.2, -0.15) is 0 Å². The first-order valence-electron chi connectivity index (χ1n) is 11.5. The average molecular weight is 510 g/mol. The van der Waals surface area contributed by atoms with Crippen molar-refractivity contribution in [1.82, 2.24) is 16.0 Å². The summed E-state index contributed by atoms with van der Waals surface area (Å²) in [5.41, 5.74) is 12.0. The molecule has 1 aromatic carbocycles. The molecule has 0 spiro atoms. The van der Waals surface area contributed by atoms with Crippen molar-refractivity contribution >= 4 is 29.7 Å². The van der Waals surface area contributed by atoms with E-state index in [1.165, 1.54) is 19.1 Å². The highest BCUT2D eigenvalue weighted by atomic mass is 16.4. The molecule has 0 aliphatic rings. The molecular weight excluding hydrogens is 474 g/mol. The van der Waals surface area contributed by atoms with Crippen LogP contribution in [0.15, 0.2) is 24.3 Å². The van der Waals surface area contributed by atoms with Crippen LogP contribution in [-0.4, -0.2) is 75.7 Å². The van der Waals surface area contributed by atoms with Gasteiger partial charge in [-0.15, -0.1) is 0 Å². The number of nitrogens with two attached hydrogens (primary N) is 2. The number of phenolic OH excluding ortho intramolecular Hbond substituents is 1. The van der Waals surface area contributed by atoms with Crippen LogP contribution in [-0.2, 0) is 30.4 Å². The van der Waals surface area contributed by atoms with E-state index in [1.807, 2.05) is 0 Å². The van der Waals surface area contributed by atoms with Gasteiger partial charge >= 0.3 is 11.9 Å². The summed E-state index contributed by atoms with van der Waals surface area (Å²) < 4.78 is 0. The van der Waals surface area contributed by atoms with Crippen LogP contribution in [0.5, 0.6) is 5.75 Å². The van der Waals surface area contributed by atoms with Crippen molar-refractivity contribution in [3.05, 3.63) is 29.8 Å². The molecule has 1 rings (SSSR count). The van der Waals surface area contributed by atoms with Crippen LogP contribution in [0.4, 0.5) is 0 Å². The van der Waals surface area contributed by atoms with Gasteiger partial charge in [0.2, 0.25) is 17.7 Å². The topological polar surface area (TPSA) is 234 Å². The Morgan fingerprint density at radius 2 is 1.47 bits per heavy atom. The smallest absolute Gasteiger partial charge is 0.326 e. The number of carbonyl (C=O) groups is 5. The van der Waals surface area contributed by atoms with Crippen LogP contribution in [0.25, 0.3) is 0 Å². The fraction of sp³-hybridized carbons (Fsp3) is 0.522. The first-order chi connectivity index (χ1) is 16.9. The maximum Gasteiger partial charge on any atom is 0.326 e. The summed E-state index contributed by atoms with van der Waals surface area (Å²) in [6.07, 6.45) is 0.905. The molecule has 0 aromatic heterocycles. The van der Waals surface area contributed by atoms with Gasteiger partial charge in [0.05, 0.1) is 6.04 Å². The summed E-state index contributed by atoms with van der Waals surface area (Å²) in [5.74, 6) is -4.73. The molecule has 0 heterocycles. The Hall–Kier alpha value is -3.71. The van der Waals surface area contributed by atoms with Gasteiger partial charge in [-0.25, -0.2) is 4.79 Å². The minimum absolute atomic E-state index is 0.0203. The van der Waals surface area contributed by atoms with Crippen molar-refractivity contribution in [2.75, 3.05) is 6.54 Å². The molecule has 0 bridgehead atoms. The van der Waals surface area contributed by atoms with Gasteiger partial charge in [0.25, 0.3) is 0 Å². The highest BCUT2D eigenvalue weighted by Crippen LogP contribution is 2.12. The van der Waals surface area contributed by atoms with E-state index in [1.54, 1.807) is 12.1 Å². The molecule has 13 nitrogen and oxygen atoms in total. The maximum atomic E-state index is 13.0. The van der Waals surface area contributed by atoms with E-state index in [2.05, 4.69) is 16.0 Å². The first kappa shape index (κ1) is 30.3. The van der Waals surface area contributed by atoms with E-state index < -0.39 is 60.2 Å². The third kappa shape index (κ3) is 11.1. The number of unbranched alkanes of at least 4 members (excludes halogenated alkanes) is 1. The summed E-state index contributed by atoms with van der Waals surface area (Å²) in [6.45, 7) is 1.78. The Kier molecular flexibility index (Phi) is 12.9. The number of aliphatic carboxylic acids is 2. The van der Waals surface area contributed by atoms with E-state index in [9.17, 15) is 34.2 Å². The van der Waals surface area contributed by atoms with E-state index in [4.69, 9.17) is 16.6 Å². The molecule has 0 saturated carbocycles. The highest BCUT2D eigenvalue weighted by Gasteiger charge is 2.28. The average Bonchev–Trinajstić information content (AvgIpc) is 2.81. The van der Waals surface area contributed by atoms with Gasteiger partial charge < -0.3 is 42.7 Å².